The van der Waals surface area contributed by atoms with Gasteiger partial charge >= 0.3 is 0 Å². The summed E-state index contributed by atoms with van der Waals surface area (Å²) >= 11 is 3.57. The van der Waals surface area contributed by atoms with Crippen LogP contribution in [0.5, 0.6) is 0 Å². The van der Waals surface area contributed by atoms with Crippen LogP contribution in [0, 0.1) is 6.92 Å². The zero-order valence-electron chi connectivity index (χ0n) is 10.5. The molecule has 2 rings (SSSR count). The molecule has 0 spiro atoms. The fraction of sp³-hybridized carbons (Fsp3) is 0.500. The molecule has 1 aliphatic carbocycles. The molecule has 1 aliphatic rings. The van der Waals surface area contributed by atoms with Crippen LogP contribution in [-0.2, 0) is 22.4 Å². The van der Waals surface area contributed by atoms with Gasteiger partial charge in [-0.15, -0.1) is 0 Å². The van der Waals surface area contributed by atoms with Crippen LogP contribution in [0.2, 0.25) is 0 Å². The van der Waals surface area contributed by atoms with Crippen molar-refractivity contribution in [3.05, 3.63) is 33.3 Å². The zero-order chi connectivity index (χ0) is 12.7. The average molecular weight is 299 g/mol. The maximum absolute atomic E-state index is 9.18. The highest BCUT2D eigenvalue weighted by Gasteiger charge is 2.12. The fourth-order valence-corrected chi connectivity index (χ4v) is 2.42. The van der Waals surface area contributed by atoms with Gasteiger partial charge in [0, 0.05) is 4.47 Å². The van der Waals surface area contributed by atoms with E-state index in [2.05, 4.69) is 39.7 Å². The van der Waals surface area contributed by atoms with Crippen molar-refractivity contribution in [3.8, 4) is 0 Å². The first-order chi connectivity index (χ1) is 8.20. The van der Waals surface area contributed by atoms with Crippen LogP contribution in [-0.4, -0.2) is 13.1 Å². The second-order valence-electron chi connectivity index (χ2n) is 4.07. The topological polar surface area (TPSA) is 26.3 Å². The molecule has 0 saturated carbocycles. The van der Waals surface area contributed by atoms with E-state index in [1.54, 1.807) is 18.1 Å². The maximum atomic E-state index is 9.18. The van der Waals surface area contributed by atoms with Gasteiger partial charge in [0.05, 0.1) is 6.61 Å². The molecular weight excluding hydrogens is 280 g/mol. The number of benzene rings is 1. The molecule has 1 aromatic carbocycles. The Morgan fingerprint density at radius 3 is 2.65 bits per heavy atom. The lowest BCUT2D eigenvalue weighted by molar-refractivity contribution is -0.128. The second kappa shape index (κ2) is 7.49. The van der Waals surface area contributed by atoms with E-state index < -0.39 is 0 Å². The van der Waals surface area contributed by atoms with Gasteiger partial charge in [-0.3, -0.25) is 4.79 Å². The van der Waals surface area contributed by atoms with Gasteiger partial charge in [-0.1, -0.05) is 22.0 Å². The summed E-state index contributed by atoms with van der Waals surface area (Å²) in [6, 6.07) is 4.45. The van der Waals surface area contributed by atoms with Crippen LogP contribution in [0.1, 0.15) is 36.5 Å². The van der Waals surface area contributed by atoms with Crippen LogP contribution < -0.4 is 0 Å². The van der Waals surface area contributed by atoms with Gasteiger partial charge in [0.25, 0.3) is 6.47 Å². The van der Waals surface area contributed by atoms with Gasteiger partial charge in [0.1, 0.15) is 0 Å². The molecule has 0 N–H and O–H groups in total. The summed E-state index contributed by atoms with van der Waals surface area (Å²) in [5.41, 5.74) is 4.62. The SMILES string of the molecule is CCOC=O.Cc1c(Br)ccc2c1CCCC2. The van der Waals surface area contributed by atoms with Crippen molar-refractivity contribution < 1.29 is 9.53 Å². The van der Waals surface area contributed by atoms with Crippen LogP contribution in [0.3, 0.4) is 0 Å². The Kier molecular flexibility index (Phi) is 6.27. The summed E-state index contributed by atoms with van der Waals surface area (Å²) < 4.78 is 5.42. The Morgan fingerprint density at radius 1 is 1.35 bits per heavy atom. The molecular formula is C14H19BrO2. The highest BCUT2D eigenvalue weighted by Crippen LogP contribution is 2.28. The molecule has 17 heavy (non-hydrogen) atoms. The van der Waals surface area contributed by atoms with Crippen LogP contribution in [0.25, 0.3) is 0 Å². The third-order valence-electron chi connectivity index (χ3n) is 2.99. The second-order valence-corrected chi connectivity index (χ2v) is 4.92. The predicted molar refractivity (Wildman–Crippen MR) is 73.2 cm³/mol. The largest absolute Gasteiger partial charge is 0.468 e. The fourth-order valence-electron chi connectivity index (χ4n) is 2.05. The lowest BCUT2D eigenvalue weighted by Gasteiger charge is -2.18. The molecule has 94 valence electrons. The van der Waals surface area contributed by atoms with Gasteiger partial charge in [-0.2, -0.15) is 0 Å². The van der Waals surface area contributed by atoms with Crippen molar-refractivity contribution in [2.24, 2.45) is 0 Å². The van der Waals surface area contributed by atoms with Crippen molar-refractivity contribution >= 4 is 22.4 Å². The molecule has 0 atom stereocenters. The number of hydrogen-bond donors (Lipinski definition) is 0. The van der Waals surface area contributed by atoms with Crippen molar-refractivity contribution in [1.82, 2.24) is 0 Å². The van der Waals surface area contributed by atoms with Crippen molar-refractivity contribution in [2.45, 2.75) is 39.5 Å². The van der Waals surface area contributed by atoms with Gasteiger partial charge in [0.15, 0.2) is 0 Å². The molecule has 0 saturated heterocycles. The Labute approximate surface area is 111 Å². The number of ether oxygens (including phenoxy) is 1. The molecule has 0 heterocycles. The molecule has 0 unspecified atom stereocenters. The van der Waals surface area contributed by atoms with Crippen molar-refractivity contribution in [3.63, 3.8) is 0 Å². The number of aryl methyl sites for hydroxylation is 1. The standard InChI is InChI=1S/C11H13Br.C3H6O2/c1-8-10-5-3-2-4-9(10)6-7-11(8)12;1-2-5-3-4/h6-7H,2-5H2,1H3;3H,2H2,1H3. The van der Waals surface area contributed by atoms with Gasteiger partial charge in [-0.05, 0) is 62.3 Å². The van der Waals surface area contributed by atoms with E-state index in [9.17, 15) is 4.79 Å². The summed E-state index contributed by atoms with van der Waals surface area (Å²) in [6.45, 7) is 4.88. The molecule has 0 amide bonds. The maximum Gasteiger partial charge on any atom is 0.293 e. The smallest absolute Gasteiger partial charge is 0.293 e. The first kappa shape index (κ1) is 14.2. The number of rotatable bonds is 2. The minimum absolute atomic E-state index is 0.431. The normalized spacial score (nSPS) is 13.1. The molecule has 0 radical (unpaired) electrons. The van der Waals surface area contributed by atoms with Crippen LogP contribution in [0.15, 0.2) is 16.6 Å². The van der Waals surface area contributed by atoms with Crippen molar-refractivity contribution in [2.75, 3.05) is 6.61 Å². The third-order valence-corrected chi connectivity index (χ3v) is 3.85. The van der Waals surface area contributed by atoms with Gasteiger partial charge < -0.3 is 4.74 Å². The van der Waals surface area contributed by atoms with E-state index >= 15 is 0 Å². The predicted octanol–water partition coefficient (Wildman–Crippen LogP) is 3.82. The molecule has 0 aliphatic heterocycles. The minimum atomic E-state index is 0.431. The number of carbonyl (C=O) groups excluding carboxylic acids is 1. The lowest BCUT2D eigenvalue weighted by atomic mass is 9.89. The monoisotopic (exact) mass is 298 g/mol. The lowest BCUT2D eigenvalue weighted by Crippen LogP contribution is -2.04. The van der Waals surface area contributed by atoms with Crippen LogP contribution >= 0.6 is 15.9 Å². The Balaban J connectivity index is 0.000000249. The van der Waals surface area contributed by atoms with Gasteiger partial charge in [-0.25, -0.2) is 0 Å². The van der Waals surface area contributed by atoms with Gasteiger partial charge in [0.2, 0.25) is 0 Å². The van der Waals surface area contributed by atoms with E-state index in [1.165, 1.54) is 35.7 Å². The van der Waals surface area contributed by atoms with E-state index in [1.807, 2.05) is 0 Å². The van der Waals surface area contributed by atoms with E-state index in [4.69, 9.17) is 0 Å². The molecule has 1 aromatic rings. The third kappa shape index (κ3) is 4.15. The first-order valence-corrected chi connectivity index (χ1v) is 6.82. The number of hydrogen-bond acceptors (Lipinski definition) is 2. The quantitative estimate of drug-likeness (QED) is 0.776. The number of fused-ring (bicyclic) bond motifs is 1. The van der Waals surface area contributed by atoms with E-state index in [0.717, 1.165) is 0 Å². The molecule has 2 nitrogen and oxygen atoms in total. The average Bonchev–Trinajstić information content (AvgIpc) is 2.36. The molecule has 0 fully saturated rings. The Bertz CT molecular complexity index is 375. The highest BCUT2D eigenvalue weighted by molar-refractivity contribution is 9.10. The van der Waals surface area contributed by atoms with E-state index in [-0.39, 0.29) is 0 Å². The van der Waals surface area contributed by atoms with Crippen LogP contribution in [0.4, 0.5) is 0 Å². The summed E-state index contributed by atoms with van der Waals surface area (Å²) in [7, 11) is 0. The molecule has 0 aromatic heterocycles. The summed E-state index contributed by atoms with van der Waals surface area (Å²) in [6.07, 6.45) is 5.29. The first-order valence-electron chi connectivity index (χ1n) is 6.02. The summed E-state index contributed by atoms with van der Waals surface area (Å²) in [5.74, 6) is 0. The minimum Gasteiger partial charge on any atom is -0.468 e. The van der Waals surface area contributed by atoms with Crippen molar-refractivity contribution in [1.29, 1.82) is 0 Å². The number of halogens is 1. The number of carbonyl (C=O) groups is 1. The zero-order valence-corrected chi connectivity index (χ0v) is 12.0. The summed E-state index contributed by atoms with van der Waals surface area (Å²) in [5, 5.41) is 0. The van der Waals surface area contributed by atoms with E-state index in [0.29, 0.717) is 13.1 Å². The summed E-state index contributed by atoms with van der Waals surface area (Å²) in [4.78, 5) is 9.18. The Hall–Kier alpha value is -0.830. The Morgan fingerprint density at radius 2 is 2.06 bits per heavy atom. The highest BCUT2D eigenvalue weighted by atomic mass is 79.9. The molecule has 3 heteroatoms. The molecule has 0 bridgehead atoms.